The number of nitriles is 2. The lowest BCUT2D eigenvalue weighted by Gasteiger charge is -2.47. The van der Waals surface area contributed by atoms with Crippen LogP contribution in [-0.2, 0) is 0 Å². The van der Waals surface area contributed by atoms with Crippen molar-refractivity contribution in [3.05, 3.63) is 60.2 Å². The first-order chi connectivity index (χ1) is 12.6. The molecule has 0 aromatic carbocycles. The van der Waals surface area contributed by atoms with Crippen LogP contribution in [0.5, 0.6) is 0 Å². The van der Waals surface area contributed by atoms with E-state index in [0.717, 1.165) is 5.56 Å². The number of pyridine rings is 2. The first kappa shape index (κ1) is 17.9. The van der Waals surface area contributed by atoms with E-state index in [-0.39, 0.29) is 4.99 Å². The van der Waals surface area contributed by atoms with E-state index >= 15 is 0 Å². The highest BCUT2D eigenvalue weighted by atomic mass is 32.1. The predicted molar refractivity (Wildman–Crippen MR) is 104 cm³/mol. The van der Waals surface area contributed by atoms with Crippen molar-refractivity contribution in [3.63, 3.8) is 0 Å². The summed E-state index contributed by atoms with van der Waals surface area (Å²) in [4.78, 5) is 8.60. The van der Waals surface area contributed by atoms with Gasteiger partial charge in [0.05, 0.1) is 28.2 Å². The minimum Gasteiger partial charge on any atom is -0.392 e. The van der Waals surface area contributed by atoms with Gasteiger partial charge in [-0.05, 0) is 23.3 Å². The maximum Gasteiger partial charge on any atom is 0.140 e. The standard InChI is InChI=1S/C18H14N6S2/c19-7-13-14(11-3-1-5-22-8-11)18(10-20,17(21)26)15(24-16(13)25)12-4-2-6-23-9-12/h1-6,8-9,13-15H,(H2,21,26)(H,24,25)/t13-,14+,15+,18+/m1/s1. The van der Waals surface area contributed by atoms with Crippen LogP contribution in [0.25, 0.3) is 0 Å². The highest BCUT2D eigenvalue weighted by Gasteiger charge is 2.58. The fourth-order valence-electron chi connectivity index (χ4n) is 3.47. The Morgan fingerprint density at radius 3 is 2.23 bits per heavy atom. The SMILES string of the molecule is N#C[C@H]1C(=S)N[C@@H](c2cccnc2)[C@@](C#N)(C(N)=S)[C@H]1c1cccnc1. The second kappa shape index (κ2) is 7.12. The van der Waals surface area contributed by atoms with E-state index in [1.165, 1.54) is 0 Å². The van der Waals surface area contributed by atoms with Gasteiger partial charge in [0.25, 0.3) is 0 Å². The van der Waals surface area contributed by atoms with Crippen molar-refractivity contribution in [3.8, 4) is 12.1 Å². The molecule has 1 fully saturated rings. The number of hydrogen-bond donors (Lipinski definition) is 2. The Labute approximate surface area is 161 Å². The number of nitrogens with zero attached hydrogens (tertiary/aromatic N) is 4. The van der Waals surface area contributed by atoms with E-state index in [0.29, 0.717) is 10.6 Å². The maximum atomic E-state index is 10.2. The molecule has 128 valence electrons. The summed E-state index contributed by atoms with van der Waals surface area (Å²) in [6.45, 7) is 0. The zero-order valence-electron chi connectivity index (χ0n) is 13.5. The number of nitrogens with two attached hydrogens (primary N) is 1. The third-order valence-corrected chi connectivity index (χ3v) is 5.35. The Hall–Kier alpha value is -2.94. The zero-order valence-corrected chi connectivity index (χ0v) is 15.2. The molecular formula is C18H14N6S2. The number of nitrogens with one attached hydrogen (secondary N) is 1. The molecule has 0 spiro atoms. The van der Waals surface area contributed by atoms with Gasteiger partial charge < -0.3 is 11.1 Å². The van der Waals surface area contributed by atoms with E-state index < -0.39 is 23.3 Å². The highest BCUT2D eigenvalue weighted by molar-refractivity contribution is 7.80. The Morgan fingerprint density at radius 2 is 1.77 bits per heavy atom. The van der Waals surface area contributed by atoms with Crippen LogP contribution in [0.1, 0.15) is 23.1 Å². The second-order valence-corrected chi connectivity index (χ2v) is 6.82. The molecule has 1 aliphatic rings. The zero-order chi connectivity index (χ0) is 18.7. The van der Waals surface area contributed by atoms with Gasteiger partial charge in [-0.3, -0.25) is 9.97 Å². The normalized spacial score (nSPS) is 27.6. The number of aromatic nitrogens is 2. The smallest absolute Gasteiger partial charge is 0.140 e. The minimum atomic E-state index is -1.37. The van der Waals surface area contributed by atoms with Gasteiger partial charge in [-0.15, -0.1) is 0 Å². The average molecular weight is 378 g/mol. The van der Waals surface area contributed by atoms with Gasteiger partial charge in [0, 0.05) is 30.7 Å². The summed E-state index contributed by atoms with van der Waals surface area (Å²) in [5, 5.41) is 23.1. The van der Waals surface area contributed by atoms with Crippen LogP contribution < -0.4 is 11.1 Å². The Kier molecular flexibility index (Phi) is 4.90. The van der Waals surface area contributed by atoms with Gasteiger partial charge in [0.15, 0.2) is 0 Å². The molecule has 8 heteroatoms. The third-order valence-electron chi connectivity index (χ3n) is 4.64. The molecule has 2 aromatic rings. The second-order valence-electron chi connectivity index (χ2n) is 5.94. The monoisotopic (exact) mass is 378 g/mol. The summed E-state index contributed by atoms with van der Waals surface area (Å²) in [6, 6.07) is 11.0. The van der Waals surface area contributed by atoms with Gasteiger partial charge in [-0.2, -0.15) is 10.5 Å². The largest absolute Gasteiger partial charge is 0.392 e. The summed E-state index contributed by atoms with van der Waals surface area (Å²) >= 11 is 10.8. The van der Waals surface area contributed by atoms with Gasteiger partial charge in [0.1, 0.15) is 11.3 Å². The van der Waals surface area contributed by atoms with Crippen molar-refractivity contribution in [1.82, 2.24) is 15.3 Å². The summed E-state index contributed by atoms with van der Waals surface area (Å²) in [5.41, 5.74) is 6.14. The number of thiocarbonyl (C=S) groups is 2. The molecule has 0 unspecified atom stereocenters. The first-order valence-corrected chi connectivity index (χ1v) is 8.59. The molecule has 0 amide bonds. The molecule has 1 aliphatic heterocycles. The Bertz CT molecular complexity index is 918. The maximum absolute atomic E-state index is 10.2. The topological polar surface area (TPSA) is 111 Å². The van der Waals surface area contributed by atoms with Crippen molar-refractivity contribution in [2.24, 2.45) is 17.1 Å². The van der Waals surface area contributed by atoms with E-state index in [1.807, 2.05) is 6.07 Å². The van der Waals surface area contributed by atoms with Gasteiger partial charge >= 0.3 is 0 Å². The first-order valence-electron chi connectivity index (χ1n) is 7.77. The van der Waals surface area contributed by atoms with Crippen molar-refractivity contribution < 1.29 is 0 Å². The molecule has 3 rings (SSSR count). The molecule has 3 N–H and O–H groups in total. The molecule has 26 heavy (non-hydrogen) atoms. The van der Waals surface area contributed by atoms with Crippen molar-refractivity contribution in [1.29, 1.82) is 10.5 Å². The average Bonchev–Trinajstić information content (AvgIpc) is 2.68. The van der Waals surface area contributed by atoms with Crippen LogP contribution >= 0.6 is 24.4 Å². The molecule has 4 atom stereocenters. The van der Waals surface area contributed by atoms with Crippen LogP contribution in [0.15, 0.2) is 49.1 Å². The molecule has 0 saturated carbocycles. The number of piperidine rings is 1. The molecule has 1 saturated heterocycles. The molecule has 2 aromatic heterocycles. The summed E-state index contributed by atoms with van der Waals surface area (Å²) < 4.78 is 0. The van der Waals surface area contributed by atoms with E-state index in [2.05, 4.69) is 27.4 Å². The molecular weight excluding hydrogens is 364 g/mol. The number of rotatable bonds is 3. The van der Waals surface area contributed by atoms with Crippen LogP contribution in [0, 0.1) is 34.0 Å². The van der Waals surface area contributed by atoms with Crippen molar-refractivity contribution in [2.45, 2.75) is 12.0 Å². The van der Waals surface area contributed by atoms with Crippen LogP contribution in [0.2, 0.25) is 0 Å². The predicted octanol–water partition coefficient (Wildman–Crippen LogP) is 2.17. The van der Waals surface area contributed by atoms with Gasteiger partial charge in [-0.25, -0.2) is 0 Å². The molecule has 0 aliphatic carbocycles. The highest BCUT2D eigenvalue weighted by Crippen LogP contribution is 2.52. The summed E-state index contributed by atoms with van der Waals surface area (Å²) in [7, 11) is 0. The lowest BCUT2D eigenvalue weighted by atomic mass is 9.60. The van der Waals surface area contributed by atoms with E-state index in [4.69, 9.17) is 30.2 Å². The molecule has 3 heterocycles. The minimum absolute atomic E-state index is 0.00189. The lowest BCUT2D eigenvalue weighted by molar-refractivity contribution is 0.284. The van der Waals surface area contributed by atoms with E-state index in [9.17, 15) is 10.5 Å². The third kappa shape index (κ3) is 2.70. The molecule has 0 radical (unpaired) electrons. The Balaban J connectivity index is 2.29. The molecule has 0 bridgehead atoms. The van der Waals surface area contributed by atoms with Crippen LogP contribution in [-0.4, -0.2) is 19.9 Å². The fourth-order valence-corrected chi connectivity index (χ4v) is 4.06. The number of hydrogen-bond acceptors (Lipinski definition) is 6. The van der Waals surface area contributed by atoms with Crippen molar-refractivity contribution >= 4 is 34.4 Å². The van der Waals surface area contributed by atoms with E-state index in [1.54, 1.807) is 43.0 Å². The van der Waals surface area contributed by atoms with Crippen LogP contribution in [0.3, 0.4) is 0 Å². The Morgan fingerprint density at radius 1 is 1.15 bits per heavy atom. The summed E-state index contributed by atoms with van der Waals surface area (Å²) in [6.07, 6.45) is 6.51. The fraction of sp³-hybridized carbons (Fsp3) is 0.222. The van der Waals surface area contributed by atoms with Crippen molar-refractivity contribution in [2.75, 3.05) is 0 Å². The van der Waals surface area contributed by atoms with Gasteiger partial charge in [-0.1, -0.05) is 36.6 Å². The summed E-state index contributed by atoms with van der Waals surface area (Å²) in [5.74, 6) is -1.41. The van der Waals surface area contributed by atoms with Crippen LogP contribution in [0.4, 0.5) is 0 Å². The molecule has 6 nitrogen and oxygen atoms in total. The quantitative estimate of drug-likeness (QED) is 0.782. The van der Waals surface area contributed by atoms with Gasteiger partial charge in [0.2, 0.25) is 0 Å². The lowest BCUT2D eigenvalue weighted by Crippen LogP contribution is -2.58.